The van der Waals surface area contributed by atoms with Crippen molar-refractivity contribution in [3.8, 4) is 0 Å². The Hall–Kier alpha value is -1.35. The number of rotatable bonds is 4. The molecule has 1 heterocycles. The van der Waals surface area contributed by atoms with E-state index in [4.69, 9.17) is 4.74 Å². The molecule has 3 heteroatoms. The zero-order valence-corrected chi connectivity index (χ0v) is 11.2. The maximum atomic E-state index is 12.0. The molecule has 0 aliphatic carbocycles. The van der Waals surface area contributed by atoms with Crippen molar-refractivity contribution in [2.45, 2.75) is 32.8 Å². The van der Waals surface area contributed by atoms with Crippen LogP contribution < -0.4 is 4.90 Å². The molecule has 1 aliphatic heterocycles. The lowest BCUT2D eigenvalue weighted by Gasteiger charge is -2.35. The Labute approximate surface area is 109 Å². The molecule has 98 valence electrons. The Bertz CT molecular complexity index is 417. The molecular formula is C15H21NO2. The van der Waals surface area contributed by atoms with Crippen molar-refractivity contribution in [1.82, 2.24) is 0 Å². The molecule has 1 saturated heterocycles. The Morgan fingerprint density at radius 1 is 1.39 bits per heavy atom. The van der Waals surface area contributed by atoms with E-state index in [1.54, 1.807) is 0 Å². The van der Waals surface area contributed by atoms with Gasteiger partial charge in [-0.25, -0.2) is 0 Å². The first-order valence-electron chi connectivity index (χ1n) is 6.75. The van der Waals surface area contributed by atoms with Crippen molar-refractivity contribution in [3.63, 3.8) is 0 Å². The van der Waals surface area contributed by atoms with Crippen LogP contribution in [0, 0.1) is 0 Å². The number of anilines is 1. The van der Waals surface area contributed by atoms with Crippen molar-refractivity contribution in [2.24, 2.45) is 0 Å². The standard InChI is InChI=1S/C15H21NO2/c1-3-12-11-16(9-10-18-12)14-8-6-5-7-13(14)15(17)4-2/h5-8,12H,3-4,9-11H2,1-2H3. The quantitative estimate of drug-likeness (QED) is 0.766. The van der Waals surface area contributed by atoms with E-state index >= 15 is 0 Å². The number of morpholine rings is 1. The van der Waals surface area contributed by atoms with Gasteiger partial charge in [-0.15, -0.1) is 0 Å². The minimum atomic E-state index is 0.213. The van der Waals surface area contributed by atoms with Crippen LogP contribution >= 0.6 is 0 Å². The molecule has 1 unspecified atom stereocenters. The van der Waals surface area contributed by atoms with Crippen LogP contribution in [-0.2, 0) is 4.74 Å². The Kier molecular flexibility index (Phi) is 4.37. The molecule has 1 aromatic carbocycles. The fourth-order valence-electron chi connectivity index (χ4n) is 2.36. The van der Waals surface area contributed by atoms with Crippen LogP contribution in [-0.4, -0.2) is 31.6 Å². The van der Waals surface area contributed by atoms with Crippen molar-refractivity contribution in [3.05, 3.63) is 29.8 Å². The van der Waals surface area contributed by atoms with Gasteiger partial charge in [-0.3, -0.25) is 4.79 Å². The van der Waals surface area contributed by atoms with Crippen LogP contribution in [0.25, 0.3) is 0 Å². The SMILES string of the molecule is CCC(=O)c1ccccc1N1CCOC(CC)C1. The fraction of sp³-hybridized carbons (Fsp3) is 0.533. The van der Waals surface area contributed by atoms with Gasteiger partial charge in [-0.05, 0) is 18.6 Å². The van der Waals surface area contributed by atoms with Gasteiger partial charge in [0, 0.05) is 30.8 Å². The highest BCUT2D eigenvalue weighted by Crippen LogP contribution is 2.24. The summed E-state index contributed by atoms with van der Waals surface area (Å²) in [5.74, 6) is 0.213. The fourth-order valence-corrected chi connectivity index (χ4v) is 2.36. The summed E-state index contributed by atoms with van der Waals surface area (Å²) >= 11 is 0. The highest BCUT2D eigenvalue weighted by atomic mass is 16.5. The van der Waals surface area contributed by atoms with Gasteiger partial charge < -0.3 is 9.64 Å². The highest BCUT2D eigenvalue weighted by molar-refractivity contribution is 6.01. The van der Waals surface area contributed by atoms with Gasteiger partial charge in [0.05, 0.1) is 12.7 Å². The lowest BCUT2D eigenvalue weighted by atomic mass is 10.0. The maximum Gasteiger partial charge on any atom is 0.164 e. The van der Waals surface area contributed by atoms with Crippen molar-refractivity contribution in [2.75, 3.05) is 24.6 Å². The third kappa shape index (κ3) is 2.72. The number of hydrogen-bond acceptors (Lipinski definition) is 3. The minimum absolute atomic E-state index is 0.213. The number of nitrogens with zero attached hydrogens (tertiary/aromatic N) is 1. The number of ether oxygens (including phenoxy) is 1. The average molecular weight is 247 g/mol. The number of carbonyl (C=O) groups is 1. The number of hydrogen-bond donors (Lipinski definition) is 0. The highest BCUT2D eigenvalue weighted by Gasteiger charge is 2.22. The summed E-state index contributed by atoms with van der Waals surface area (Å²) < 4.78 is 5.68. The lowest BCUT2D eigenvalue weighted by Crippen LogP contribution is -2.42. The monoisotopic (exact) mass is 247 g/mol. The minimum Gasteiger partial charge on any atom is -0.375 e. The van der Waals surface area contributed by atoms with Crippen LogP contribution in [0.5, 0.6) is 0 Å². The first kappa shape index (κ1) is 13.1. The van der Waals surface area contributed by atoms with E-state index < -0.39 is 0 Å². The van der Waals surface area contributed by atoms with Gasteiger partial charge >= 0.3 is 0 Å². The smallest absolute Gasteiger partial charge is 0.164 e. The summed E-state index contributed by atoms with van der Waals surface area (Å²) in [6, 6.07) is 7.90. The Morgan fingerprint density at radius 2 is 2.17 bits per heavy atom. The Morgan fingerprint density at radius 3 is 2.89 bits per heavy atom. The maximum absolute atomic E-state index is 12.0. The Balaban J connectivity index is 2.24. The second-order valence-corrected chi connectivity index (χ2v) is 4.64. The van der Waals surface area contributed by atoms with Gasteiger partial charge in [0.25, 0.3) is 0 Å². The van der Waals surface area contributed by atoms with E-state index in [0.717, 1.165) is 37.4 Å². The molecule has 1 aromatic rings. The molecule has 0 amide bonds. The summed E-state index contributed by atoms with van der Waals surface area (Å²) in [7, 11) is 0. The molecule has 2 rings (SSSR count). The molecule has 1 atom stereocenters. The molecule has 3 nitrogen and oxygen atoms in total. The molecule has 1 aliphatic rings. The van der Waals surface area contributed by atoms with E-state index in [1.807, 2.05) is 31.2 Å². The molecule has 0 N–H and O–H groups in total. The second-order valence-electron chi connectivity index (χ2n) is 4.64. The van der Waals surface area contributed by atoms with Crippen molar-refractivity contribution >= 4 is 11.5 Å². The molecule has 0 bridgehead atoms. The summed E-state index contributed by atoms with van der Waals surface area (Å²) in [6.07, 6.45) is 1.85. The van der Waals surface area contributed by atoms with Crippen LogP contribution in [0.4, 0.5) is 5.69 Å². The topological polar surface area (TPSA) is 29.5 Å². The second kappa shape index (κ2) is 6.01. The molecular weight excluding hydrogens is 226 g/mol. The summed E-state index contributed by atoms with van der Waals surface area (Å²) in [5.41, 5.74) is 1.91. The number of carbonyl (C=O) groups excluding carboxylic acids is 1. The normalized spacial score (nSPS) is 19.9. The van der Waals surface area contributed by atoms with Gasteiger partial charge in [0.1, 0.15) is 0 Å². The van der Waals surface area contributed by atoms with E-state index in [0.29, 0.717) is 6.42 Å². The predicted molar refractivity (Wildman–Crippen MR) is 73.3 cm³/mol. The molecule has 0 aromatic heterocycles. The van der Waals surface area contributed by atoms with Gasteiger partial charge in [0.2, 0.25) is 0 Å². The van der Waals surface area contributed by atoms with E-state index in [2.05, 4.69) is 11.8 Å². The lowest BCUT2D eigenvalue weighted by molar-refractivity contribution is 0.0383. The molecule has 1 fully saturated rings. The van der Waals surface area contributed by atoms with Crippen molar-refractivity contribution in [1.29, 1.82) is 0 Å². The van der Waals surface area contributed by atoms with Crippen LogP contribution in [0.3, 0.4) is 0 Å². The summed E-state index contributed by atoms with van der Waals surface area (Å²) in [6.45, 7) is 6.53. The molecule has 0 radical (unpaired) electrons. The third-order valence-electron chi connectivity index (χ3n) is 3.46. The number of ketones is 1. The zero-order valence-electron chi connectivity index (χ0n) is 11.2. The zero-order chi connectivity index (χ0) is 13.0. The first-order valence-corrected chi connectivity index (χ1v) is 6.75. The third-order valence-corrected chi connectivity index (χ3v) is 3.46. The van der Waals surface area contributed by atoms with Gasteiger partial charge in [0.15, 0.2) is 5.78 Å². The summed E-state index contributed by atoms with van der Waals surface area (Å²) in [4.78, 5) is 14.2. The van der Waals surface area contributed by atoms with Crippen LogP contribution in [0.15, 0.2) is 24.3 Å². The predicted octanol–water partition coefficient (Wildman–Crippen LogP) is 2.89. The van der Waals surface area contributed by atoms with Crippen LogP contribution in [0.1, 0.15) is 37.0 Å². The molecule has 0 spiro atoms. The van der Waals surface area contributed by atoms with Gasteiger partial charge in [-0.2, -0.15) is 0 Å². The number of Topliss-reactive ketones (excluding diaryl/α,β-unsaturated/α-hetero) is 1. The van der Waals surface area contributed by atoms with Crippen molar-refractivity contribution < 1.29 is 9.53 Å². The summed E-state index contributed by atoms with van der Waals surface area (Å²) in [5, 5.41) is 0. The molecule has 18 heavy (non-hydrogen) atoms. The number of para-hydroxylation sites is 1. The van der Waals surface area contributed by atoms with E-state index in [-0.39, 0.29) is 11.9 Å². The van der Waals surface area contributed by atoms with Gasteiger partial charge in [-0.1, -0.05) is 26.0 Å². The average Bonchev–Trinajstić information content (AvgIpc) is 2.46. The molecule has 0 saturated carbocycles. The first-order chi connectivity index (χ1) is 8.76. The van der Waals surface area contributed by atoms with E-state index in [9.17, 15) is 4.79 Å². The van der Waals surface area contributed by atoms with Crippen LogP contribution in [0.2, 0.25) is 0 Å². The van der Waals surface area contributed by atoms with E-state index in [1.165, 1.54) is 0 Å². The number of benzene rings is 1. The largest absolute Gasteiger partial charge is 0.375 e.